The van der Waals surface area contributed by atoms with E-state index in [1.54, 1.807) is 6.08 Å². The molecule has 2 rings (SSSR count). The van der Waals surface area contributed by atoms with Crippen molar-refractivity contribution >= 4 is 5.97 Å². The minimum atomic E-state index is -0.442. The Bertz CT molecular complexity index is 450. The zero-order valence-electron chi connectivity index (χ0n) is 10.0. The number of fused-ring (bicyclic) bond motifs is 1. The van der Waals surface area contributed by atoms with Crippen molar-refractivity contribution in [3.63, 3.8) is 0 Å². The second-order valence-electron chi connectivity index (χ2n) is 4.51. The van der Waals surface area contributed by atoms with Crippen LogP contribution in [0.15, 0.2) is 47.1 Å². The first-order chi connectivity index (χ1) is 8.13. The molecule has 0 aliphatic heterocycles. The molecule has 0 bridgehead atoms. The third-order valence-corrected chi connectivity index (χ3v) is 2.97. The molecule has 0 amide bonds. The molecule has 0 fully saturated rings. The molecule has 0 radical (unpaired) electrons. The third kappa shape index (κ3) is 2.24. The first-order valence-electron chi connectivity index (χ1n) is 5.76. The van der Waals surface area contributed by atoms with Crippen molar-refractivity contribution in [2.24, 2.45) is 5.92 Å². The molecule has 0 saturated heterocycles. The Labute approximate surface area is 101 Å². The highest BCUT2D eigenvalue weighted by molar-refractivity contribution is 5.97. The van der Waals surface area contributed by atoms with Crippen LogP contribution in [0.3, 0.4) is 0 Å². The van der Waals surface area contributed by atoms with Crippen molar-refractivity contribution < 1.29 is 14.6 Å². The minimum Gasteiger partial charge on any atom is -0.456 e. The fourth-order valence-corrected chi connectivity index (χ4v) is 1.85. The first kappa shape index (κ1) is 11.9. The van der Waals surface area contributed by atoms with E-state index in [-0.39, 0.29) is 18.5 Å². The molecule has 0 aromatic rings. The highest BCUT2D eigenvalue weighted by Gasteiger charge is 2.24. The number of allylic oxidation sites excluding steroid dienone is 6. The van der Waals surface area contributed by atoms with Crippen molar-refractivity contribution in [3.8, 4) is 0 Å². The van der Waals surface area contributed by atoms with E-state index in [2.05, 4.69) is 0 Å². The van der Waals surface area contributed by atoms with E-state index in [1.807, 2.05) is 38.2 Å². The lowest BCUT2D eigenvalue weighted by Gasteiger charge is -2.19. The molecule has 1 atom stereocenters. The zero-order valence-corrected chi connectivity index (χ0v) is 10.0. The van der Waals surface area contributed by atoms with Crippen molar-refractivity contribution in [2.45, 2.75) is 20.0 Å². The number of aliphatic hydroxyl groups is 1. The van der Waals surface area contributed by atoms with Gasteiger partial charge in [-0.3, -0.25) is 0 Å². The number of esters is 1. The van der Waals surface area contributed by atoms with Crippen LogP contribution >= 0.6 is 0 Å². The molecule has 0 aromatic carbocycles. The number of carbonyl (C=O) groups excluding carboxylic acids is 1. The van der Waals surface area contributed by atoms with Gasteiger partial charge in [0.15, 0.2) is 0 Å². The van der Waals surface area contributed by atoms with E-state index in [9.17, 15) is 4.79 Å². The van der Waals surface area contributed by atoms with E-state index in [4.69, 9.17) is 9.84 Å². The molecule has 90 valence electrons. The van der Waals surface area contributed by atoms with Gasteiger partial charge >= 0.3 is 5.97 Å². The van der Waals surface area contributed by atoms with Gasteiger partial charge in [-0.2, -0.15) is 0 Å². The van der Waals surface area contributed by atoms with Crippen LogP contribution in [0.2, 0.25) is 0 Å². The van der Waals surface area contributed by atoms with Gasteiger partial charge in [-0.1, -0.05) is 38.2 Å². The standard InChI is InChI=1S/C14H16O3/c1-9(2)13(8-15)17-14(16)12-7-6-10-4-3-5-11(10)12/h3-7,9,13,15H,8H2,1-2H3/t13-/m1/s1. The van der Waals surface area contributed by atoms with Crippen LogP contribution in [0, 0.1) is 5.92 Å². The van der Waals surface area contributed by atoms with Crippen molar-refractivity contribution in [2.75, 3.05) is 6.61 Å². The summed E-state index contributed by atoms with van der Waals surface area (Å²) in [5, 5.41) is 9.14. The predicted molar refractivity (Wildman–Crippen MR) is 65.2 cm³/mol. The number of hydrogen-bond donors (Lipinski definition) is 1. The number of aliphatic hydroxyl groups excluding tert-OH is 1. The number of ether oxygens (including phenoxy) is 1. The molecule has 17 heavy (non-hydrogen) atoms. The monoisotopic (exact) mass is 232 g/mol. The van der Waals surface area contributed by atoms with Gasteiger partial charge in [-0.25, -0.2) is 4.79 Å². The predicted octanol–water partition coefficient (Wildman–Crippen LogP) is 1.91. The molecule has 3 nitrogen and oxygen atoms in total. The molecule has 2 aliphatic rings. The Morgan fingerprint density at radius 1 is 1.35 bits per heavy atom. The molecule has 0 unspecified atom stereocenters. The number of carbonyl (C=O) groups is 1. The Kier molecular flexibility index (Phi) is 3.29. The molecule has 0 saturated carbocycles. The lowest BCUT2D eigenvalue weighted by molar-refractivity contribution is -0.148. The van der Waals surface area contributed by atoms with Gasteiger partial charge in [0.1, 0.15) is 6.10 Å². The summed E-state index contributed by atoms with van der Waals surface area (Å²) >= 11 is 0. The van der Waals surface area contributed by atoms with Crippen LogP contribution in [0.1, 0.15) is 13.8 Å². The van der Waals surface area contributed by atoms with Crippen LogP contribution in [-0.2, 0) is 9.53 Å². The average Bonchev–Trinajstić information content (AvgIpc) is 2.86. The van der Waals surface area contributed by atoms with E-state index in [1.165, 1.54) is 0 Å². The van der Waals surface area contributed by atoms with Crippen molar-refractivity contribution in [1.29, 1.82) is 0 Å². The highest BCUT2D eigenvalue weighted by atomic mass is 16.6. The second-order valence-corrected chi connectivity index (χ2v) is 4.51. The summed E-state index contributed by atoms with van der Waals surface area (Å²) in [4.78, 5) is 12.0. The quantitative estimate of drug-likeness (QED) is 0.753. The van der Waals surface area contributed by atoms with E-state index in [0.29, 0.717) is 5.57 Å². The van der Waals surface area contributed by atoms with Crippen molar-refractivity contribution in [1.82, 2.24) is 0 Å². The van der Waals surface area contributed by atoms with Crippen LogP contribution in [0.5, 0.6) is 0 Å². The molecule has 0 spiro atoms. The summed E-state index contributed by atoms with van der Waals surface area (Å²) in [7, 11) is 0. The smallest absolute Gasteiger partial charge is 0.339 e. The summed E-state index contributed by atoms with van der Waals surface area (Å²) in [6, 6.07) is 0. The maximum atomic E-state index is 12.0. The summed E-state index contributed by atoms with van der Waals surface area (Å²) < 4.78 is 5.29. The number of rotatable bonds is 4. The lowest BCUT2D eigenvalue weighted by atomic mass is 10.1. The van der Waals surface area contributed by atoms with Crippen LogP contribution in [0.4, 0.5) is 0 Å². The molecular formula is C14H16O3. The van der Waals surface area contributed by atoms with E-state index in [0.717, 1.165) is 11.1 Å². The third-order valence-electron chi connectivity index (χ3n) is 2.97. The van der Waals surface area contributed by atoms with Gasteiger partial charge in [-0.05, 0) is 23.1 Å². The van der Waals surface area contributed by atoms with Gasteiger partial charge in [0.2, 0.25) is 0 Å². The Morgan fingerprint density at radius 3 is 2.76 bits per heavy atom. The fraction of sp³-hybridized carbons (Fsp3) is 0.357. The maximum Gasteiger partial charge on any atom is 0.339 e. The molecule has 2 aliphatic carbocycles. The van der Waals surface area contributed by atoms with E-state index < -0.39 is 6.10 Å². The van der Waals surface area contributed by atoms with Gasteiger partial charge in [0.05, 0.1) is 12.2 Å². The summed E-state index contributed by atoms with van der Waals surface area (Å²) in [6.45, 7) is 3.68. The topological polar surface area (TPSA) is 46.5 Å². The van der Waals surface area contributed by atoms with Crippen LogP contribution < -0.4 is 0 Å². The zero-order chi connectivity index (χ0) is 12.4. The minimum absolute atomic E-state index is 0.106. The molecule has 0 heterocycles. The second kappa shape index (κ2) is 4.72. The molecular weight excluding hydrogens is 216 g/mol. The van der Waals surface area contributed by atoms with E-state index >= 15 is 0 Å². The molecule has 3 heteroatoms. The molecule has 0 aromatic heterocycles. The van der Waals surface area contributed by atoms with Crippen molar-refractivity contribution in [3.05, 3.63) is 47.1 Å². The van der Waals surface area contributed by atoms with Gasteiger partial charge in [0.25, 0.3) is 0 Å². The van der Waals surface area contributed by atoms with Gasteiger partial charge in [-0.15, -0.1) is 0 Å². The normalized spacial score (nSPS) is 18.7. The van der Waals surface area contributed by atoms with Crippen LogP contribution in [-0.4, -0.2) is 23.8 Å². The Balaban J connectivity index is 2.12. The summed E-state index contributed by atoms with van der Waals surface area (Å²) in [6.07, 6.45) is 8.99. The average molecular weight is 232 g/mol. The van der Waals surface area contributed by atoms with Crippen LogP contribution in [0.25, 0.3) is 0 Å². The first-order valence-corrected chi connectivity index (χ1v) is 5.76. The summed E-state index contributed by atoms with van der Waals surface area (Å²) in [5.41, 5.74) is 2.53. The molecule has 1 N–H and O–H groups in total. The SMILES string of the molecule is CC(C)[C@@H](CO)OC(=O)C1=C2C=CC=C2C=C1. The van der Waals surface area contributed by atoms with Gasteiger partial charge < -0.3 is 9.84 Å². The maximum absolute atomic E-state index is 12.0. The lowest BCUT2D eigenvalue weighted by Crippen LogP contribution is -2.27. The fourth-order valence-electron chi connectivity index (χ4n) is 1.85. The summed E-state index contributed by atoms with van der Waals surface area (Å²) in [5.74, 6) is -0.256. The Morgan fingerprint density at radius 2 is 2.12 bits per heavy atom. The Hall–Kier alpha value is -1.61. The number of hydrogen-bond acceptors (Lipinski definition) is 3. The van der Waals surface area contributed by atoms with Gasteiger partial charge in [0, 0.05) is 0 Å². The largest absolute Gasteiger partial charge is 0.456 e. The highest BCUT2D eigenvalue weighted by Crippen LogP contribution is 2.30.